The molecule has 0 spiro atoms. The molecule has 0 saturated heterocycles. The third-order valence-corrected chi connectivity index (χ3v) is 5.53. The third kappa shape index (κ3) is 4.14. The van der Waals surface area contributed by atoms with E-state index in [-0.39, 0.29) is 40.6 Å². The number of hydrogen-bond donors (Lipinski definition) is 2. The van der Waals surface area contributed by atoms with Crippen LogP contribution in [0.2, 0.25) is 0 Å². The summed E-state index contributed by atoms with van der Waals surface area (Å²) in [5, 5.41) is 3.31. The van der Waals surface area contributed by atoms with Gasteiger partial charge in [-0.15, -0.1) is 0 Å². The Hall–Kier alpha value is -3.14. The van der Waals surface area contributed by atoms with Crippen molar-refractivity contribution in [3.8, 4) is 17.2 Å². The molecule has 1 amide bonds. The summed E-state index contributed by atoms with van der Waals surface area (Å²) in [5.41, 5.74) is 5.43. The average Bonchev–Trinajstić information content (AvgIpc) is 3.42. The maximum Gasteiger partial charge on any atom is 0.433 e. The quantitative estimate of drug-likeness (QED) is 0.591. The number of methoxy groups -OCH3 is 1. The number of halogens is 3. The second kappa shape index (κ2) is 8.42. The van der Waals surface area contributed by atoms with Crippen molar-refractivity contribution in [2.45, 2.75) is 50.9 Å². The van der Waals surface area contributed by atoms with E-state index in [1.807, 2.05) is 0 Å². The molecule has 0 bridgehead atoms. The maximum absolute atomic E-state index is 13.2. The van der Waals surface area contributed by atoms with Gasteiger partial charge in [0.15, 0.2) is 11.5 Å². The van der Waals surface area contributed by atoms with Crippen molar-refractivity contribution >= 4 is 16.8 Å². The van der Waals surface area contributed by atoms with Gasteiger partial charge in [-0.1, -0.05) is 12.8 Å². The van der Waals surface area contributed by atoms with Crippen LogP contribution >= 0.6 is 0 Å². The van der Waals surface area contributed by atoms with Gasteiger partial charge in [0.05, 0.1) is 13.2 Å². The van der Waals surface area contributed by atoms with Crippen LogP contribution in [0.1, 0.15) is 60.6 Å². The normalized spacial score (nSPS) is 15.8. The minimum Gasteiger partial charge on any atom is -0.494 e. The van der Waals surface area contributed by atoms with Gasteiger partial charge in [-0.25, -0.2) is 9.97 Å². The van der Waals surface area contributed by atoms with Crippen molar-refractivity contribution in [3.05, 3.63) is 41.4 Å². The van der Waals surface area contributed by atoms with E-state index in [1.54, 1.807) is 13.0 Å². The number of carbonyl (C=O) groups is 1. The molecule has 2 aromatic heterocycles. The number of nitrogens with two attached hydrogens (primary N) is 1. The van der Waals surface area contributed by atoms with Gasteiger partial charge in [-0.2, -0.15) is 13.2 Å². The lowest BCUT2D eigenvalue weighted by Gasteiger charge is -2.11. The second-order valence-corrected chi connectivity index (χ2v) is 7.88. The van der Waals surface area contributed by atoms with E-state index in [1.165, 1.54) is 19.2 Å². The van der Waals surface area contributed by atoms with Crippen LogP contribution in [0.5, 0.6) is 5.75 Å². The van der Waals surface area contributed by atoms with E-state index >= 15 is 0 Å². The summed E-state index contributed by atoms with van der Waals surface area (Å²) in [6.07, 6.45) is -0.688. The first-order chi connectivity index (χ1) is 15.2. The first-order valence-electron chi connectivity index (χ1n) is 10.3. The van der Waals surface area contributed by atoms with E-state index < -0.39 is 17.9 Å². The van der Waals surface area contributed by atoms with Gasteiger partial charge in [0.1, 0.15) is 17.0 Å². The molecule has 3 aromatic rings. The zero-order valence-corrected chi connectivity index (χ0v) is 17.6. The highest BCUT2D eigenvalue weighted by molar-refractivity contribution is 5.98. The van der Waals surface area contributed by atoms with Crippen molar-refractivity contribution in [1.82, 2.24) is 15.3 Å². The molecule has 1 aliphatic carbocycles. The summed E-state index contributed by atoms with van der Waals surface area (Å²) in [5.74, 6) is 0.0740. The number of nitrogens with one attached hydrogen (secondary N) is 1. The third-order valence-electron chi connectivity index (χ3n) is 5.53. The molecular formula is C22H23F3N4O3. The van der Waals surface area contributed by atoms with Gasteiger partial charge < -0.3 is 20.2 Å². The zero-order valence-electron chi connectivity index (χ0n) is 17.6. The lowest BCUT2D eigenvalue weighted by Crippen LogP contribution is -2.33. The van der Waals surface area contributed by atoms with Crippen LogP contribution in [0.15, 0.2) is 28.7 Å². The number of pyridine rings is 1. The minimum atomic E-state index is -4.61. The van der Waals surface area contributed by atoms with Crippen molar-refractivity contribution in [2.24, 2.45) is 5.73 Å². The highest BCUT2D eigenvalue weighted by Gasteiger charge is 2.33. The largest absolute Gasteiger partial charge is 0.494 e. The number of fused-ring (bicyclic) bond motifs is 1. The second-order valence-electron chi connectivity index (χ2n) is 7.88. The number of nitrogens with zero attached hydrogens (tertiary/aromatic N) is 2. The van der Waals surface area contributed by atoms with Crippen molar-refractivity contribution < 1.29 is 27.1 Å². The van der Waals surface area contributed by atoms with Gasteiger partial charge in [0.25, 0.3) is 5.91 Å². The predicted molar refractivity (Wildman–Crippen MR) is 111 cm³/mol. The fourth-order valence-electron chi connectivity index (χ4n) is 3.94. The molecule has 0 unspecified atom stereocenters. The maximum atomic E-state index is 13.2. The standard InChI is InChI=1S/C22H23F3N4O3/c1-11(26)19-18(20(30)27-12-5-3-4-6-12)29-21(32-19)14-7-9-15(31-2)17-13(14)8-10-16(28-17)22(23,24)25/h7-12H,3-6,26H2,1-2H3,(H,27,30)/t11-/m0/s1. The number of alkyl halides is 3. The average molecular weight is 448 g/mol. The van der Waals surface area contributed by atoms with Crippen LogP contribution < -0.4 is 15.8 Å². The van der Waals surface area contributed by atoms with Crippen molar-refractivity contribution in [3.63, 3.8) is 0 Å². The Bertz CT molecular complexity index is 1150. The van der Waals surface area contributed by atoms with Crippen LogP contribution in [0, 0.1) is 0 Å². The Morgan fingerprint density at radius 3 is 2.56 bits per heavy atom. The summed E-state index contributed by atoms with van der Waals surface area (Å²) in [7, 11) is 1.35. The summed E-state index contributed by atoms with van der Waals surface area (Å²) >= 11 is 0. The Morgan fingerprint density at radius 2 is 1.94 bits per heavy atom. The molecule has 1 atom stereocenters. The summed E-state index contributed by atoms with van der Waals surface area (Å²) in [4.78, 5) is 21.0. The molecule has 2 heterocycles. The fraction of sp³-hybridized carbons (Fsp3) is 0.409. The lowest BCUT2D eigenvalue weighted by atomic mass is 10.1. The van der Waals surface area contributed by atoms with Gasteiger partial charge >= 0.3 is 6.18 Å². The SMILES string of the molecule is COc1ccc(-c2nc(C(=O)NC3CCCC3)c([C@H](C)N)o2)c2ccc(C(F)(F)F)nc12. The highest BCUT2D eigenvalue weighted by Crippen LogP contribution is 2.37. The van der Waals surface area contributed by atoms with Gasteiger partial charge in [-0.3, -0.25) is 4.79 Å². The first kappa shape index (κ1) is 22.1. The van der Waals surface area contributed by atoms with Crippen LogP contribution in [-0.4, -0.2) is 29.0 Å². The molecule has 4 rings (SSSR count). The first-order valence-corrected chi connectivity index (χ1v) is 10.3. The monoisotopic (exact) mass is 448 g/mol. The molecule has 1 aromatic carbocycles. The number of aromatic nitrogens is 2. The molecule has 1 aliphatic rings. The van der Waals surface area contributed by atoms with E-state index in [0.29, 0.717) is 10.9 Å². The zero-order chi connectivity index (χ0) is 23.0. The summed E-state index contributed by atoms with van der Waals surface area (Å²) < 4.78 is 50.6. The topological polar surface area (TPSA) is 103 Å². The number of amides is 1. The molecule has 170 valence electrons. The Labute approximate surface area is 182 Å². The number of benzene rings is 1. The van der Waals surface area contributed by atoms with Crippen molar-refractivity contribution in [1.29, 1.82) is 0 Å². The molecular weight excluding hydrogens is 425 g/mol. The van der Waals surface area contributed by atoms with E-state index in [0.717, 1.165) is 31.7 Å². The molecule has 0 radical (unpaired) electrons. The molecule has 32 heavy (non-hydrogen) atoms. The number of oxazole rings is 1. The summed E-state index contributed by atoms with van der Waals surface area (Å²) in [6.45, 7) is 1.67. The number of carbonyl (C=O) groups excluding carboxylic acids is 1. The minimum absolute atomic E-state index is 0.0114. The smallest absolute Gasteiger partial charge is 0.433 e. The molecule has 10 heteroatoms. The Morgan fingerprint density at radius 1 is 1.22 bits per heavy atom. The number of hydrogen-bond acceptors (Lipinski definition) is 6. The number of ether oxygens (including phenoxy) is 1. The van der Waals surface area contributed by atoms with E-state index in [4.69, 9.17) is 14.9 Å². The fourth-order valence-corrected chi connectivity index (χ4v) is 3.94. The predicted octanol–water partition coefficient (Wildman–Crippen LogP) is 4.61. The molecule has 3 N–H and O–H groups in total. The van der Waals surface area contributed by atoms with Gasteiger partial charge in [0.2, 0.25) is 5.89 Å². The van der Waals surface area contributed by atoms with Crippen LogP contribution in [0.3, 0.4) is 0 Å². The molecule has 1 fully saturated rings. The van der Waals surface area contributed by atoms with Crippen LogP contribution in [-0.2, 0) is 6.18 Å². The Kier molecular flexibility index (Phi) is 5.81. The summed E-state index contributed by atoms with van der Waals surface area (Å²) in [6, 6.07) is 4.73. The van der Waals surface area contributed by atoms with Crippen LogP contribution in [0.4, 0.5) is 13.2 Å². The molecule has 7 nitrogen and oxygen atoms in total. The molecule has 1 saturated carbocycles. The highest BCUT2D eigenvalue weighted by atomic mass is 19.4. The lowest BCUT2D eigenvalue weighted by molar-refractivity contribution is -0.140. The van der Waals surface area contributed by atoms with E-state index in [2.05, 4.69) is 15.3 Å². The van der Waals surface area contributed by atoms with E-state index in [9.17, 15) is 18.0 Å². The Balaban J connectivity index is 1.80. The molecule has 0 aliphatic heterocycles. The van der Waals surface area contributed by atoms with Gasteiger partial charge in [-0.05, 0) is 44.0 Å². The van der Waals surface area contributed by atoms with Crippen molar-refractivity contribution in [2.75, 3.05) is 7.11 Å². The number of rotatable bonds is 5. The van der Waals surface area contributed by atoms with Crippen LogP contribution in [0.25, 0.3) is 22.4 Å². The van der Waals surface area contributed by atoms with Gasteiger partial charge in [0, 0.05) is 17.0 Å².